The second-order valence-electron chi connectivity index (χ2n) is 8.47. The van der Waals surface area contributed by atoms with Crippen LogP contribution in [0.25, 0.3) is 49.7 Å². The number of para-hydroxylation sites is 2. The molecule has 4 aromatic carbocycles. The van der Waals surface area contributed by atoms with Crippen molar-refractivity contribution < 1.29 is 0 Å². The molecule has 32 heavy (non-hydrogen) atoms. The largest absolute Gasteiger partial charge is 0.309 e. The number of aromatic nitrogens is 2. The molecule has 0 aliphatic heterocycles. The second kappa shape index (κ2) is 6.66. The summed E-state index contributed by atoms with van der Waals surface area (Å²) >= 11 is 0. The molecule has 0 amide bonds. The van der Waals surface area contributed by atoms with Crippen LogP contribution in [0, 0.1) is 0 Å². The molecule has 0 atom stereocenters. The molecule has 2 heterocycles. The van der Waals surface area contributed by atoms with Crippen molar-refractivity contribution in [2.45, 2.75) is 6.42 Å². The SMILES string of the molecule is c1cc(-c2cnc3c(c2)-c2ccccc2C3)cc(-n2c3ccccc3c3ccccc32)c1. The van der Waals surface area contributed by atoms with Gasteiger partial charge in [-0.1, -0.05) is 72.8 Å². The highest BCUT2D eigenvalue weighted by Crippen LogP contribution is 2.38. The van der Waals surface area contributed by atoms with E-state index >= 15 is 0 Å². The van der Waals surface area contributed by atoms with E-state index in [0.29, 0.717) is 0 Å². The lowest BCUT2D eigenvalue weighted by Gasteiger charge is -2.11. The Bertz CT molecular complexity index is 1600. The summed E-state index contributed by atoms with van der Waals surface area (Å²) in [5, 5.41) is 2.56. The molecule has 150 valence electrons. The van der Waals surface area contributed by atoms with Gasteiger partial charge in [-0.3, -0.25) is 4.98 Å². The summed E-state index contributed by atoms with van der Waals surface area (Å²) in [7, 11) is 0. The maximum atomic E-state index is 4.84. The van der Waals surface area contributed by atoms with Gasteiger partial charge in [-0.2, -0.15) is 0 Å². The van der Waals surface area contributed by atoms with Crippen LogP contribution in [0.4, 0.5) is 0 Å². The van der Waals surface area contributed by atoms with Crippen molar-refractivity contribution in [3.63, 3.8) is 0 Å². The first-order chi connectivity index (χ1) is 15.9. The van der Waals surface area contributed by atoms with Crippen molar-refractivity contribution in [3.05, 3.63) is 121 Å². The maximum Gasteiger partial charge on any atom is 0.0541 e. The first-order valence-electron chi connectivity index (χ1n) is 11.0. The molecular weight excluding hydrogens is 388 g/mol. The van der Waals surface area contributed by atoms with Crippen LogP contribution < -0.4 is 0 Å². The minimum atomic E-state index is 0.924. The number of fused-ring (bicyclic) bond motifs is 6. The Morgan fingerprint density at radius 1 is 0.594 bits per heavy atom. The quantitative estimate of drug-likeness (QED) is 0.291. The van der Waals surface area contributed by atoms with E-state index in [-0.39, 0.29) is 0 Å². The van der Waals surface area contributed by atoms with Crippen LogP contribution in [0.5, 0.6) is 0 Å². The molecule has 0 bridgehead atoms. The van der Waals surface area contributed by atoms with Gasteiger partial charge in [0.15, 0.2) is 0 Å². The number of nitrogens with zero attached hydrogens (tertiary/aromatic N) is 2. The summed E-state index contributed by atoms with van der Waals surface area (Å²) in [6.07, 6.45) is 2.95. The number of rotatable bonds is 2. The zero-order valence-corrected chi connectivity index (χ0v) is 17.5. The summed E-state index contributed by atoms with van der Waals surface area (Å²) in [6.45, 7) is 0. The van der Waals surface area contributed by atoms with Gasteiger partial charge >= 0.3 is 0 Å². The Labute approximate surface area is 186 Å². The van der Waals surface area contributed by atoms with Crippen molar-refractivity contribution in [1.82, 2.24) is 9.55 Å². The molecule has 0 radical (unpaired) electrons. The first-order valence-corrected chi connectivity index (χ1v) is 11.0. The Balaban J connectivity index is 1.42. The molecule has 0 unspecified atom stereocenters. The zero-order chi connectivity index (χ0) is 21.1. The van der Waals surface area contributed by atoms with Crippen LogP contribution in [-0.4, -0.2) is 9.55 Å². The topological polar surface area (TPSA) is 17.8 Å². The predicted molar refractivity (Wildman–Crippen MR) is 132 cm³/mol. The van der Waals surface area contributed by atoms with Crippen molar-refractivity contribution in [2.75, 3.05) is 0 Å². The third-order valence-corrected chi connectivity index (χ3v) is 6.65. The third kappa shape index (κ3) is 2.50. The monoisotopic (exact) mass is 408 g/mol. The van der Waals surface area contributed by atoms with Gasteiger partial charge in [0, 0.05) is 40.2 Å². The molecule has 2 aromatic heterocycles. The number of hydrogen-bond acceptors (Lipinski definition) is 1. The van der Waals surface area contributed by atoms with Gasteiger partial charge in [0.05, 0.1) is 16.7 Å². The normalized spacial score (nSPS) is 12.2. The van der Waals surface area contributed by atoms with Crippen molar-refractivity contribution in [1.29, 1.82) is 0 Å². The van der Waals surface area contributed by atoms with E-state index in [1.165, 1.54) is 55.4 Å². The summed E-state index contributed by atoms with van der Waals surface area (Å²) in [6, 6.07) is 37.0. The van der Waals surface area contributed by atoms with E-state index in [1.54, 1.807) is 0 Å². The fraction of sp³-hybridized carbons (Fsp3) is 0.0333. The molecule has 0 fully saturated rings. The molecule has 0 saturated heterocycles. The van der Waals surface area contributed by atoms with E-state index in [4.69, 9.17) is 4.98 Å². The highest BCUT2D eigenvalue weighted by atomic mass is 15.0. The van der Waals surface area contributed by atoms with Crippen LogP contribution in [0.15, 0.2) is 109 Å². The lowest BCUT2D eigenvalue weighted by molar-refractivity contribution is 1.12. The zero-order valence-electron chi connectivity index (χ0n) is 17.5. The molecule has 0 saturated carbocycles. The summed E-state index contributed by atoms with van der Waals surface area (Å²) in [4.78, 5) is 4.84. The summed E-state index contributed by atoms with van der Waals surface area (Å²) in [5.41, 5.74) is 11.1. The molecule has 2 nitrogen and oxygen atoms in total. The lowest BCUT2D eigenvalue weighted by atomic mass is 10.0. The van der Waals surface area contributed by atoms with E-state index in [0.717, 1.165) is 12.0 Å². The van der Waals surface area contributed by atoms with E-state index in [2.05, 4.69) is 108 Å². The minimum Gasteiger partial charge on any atom is -0.309 e. The highest BCUT2D eigenvalue weighted by molar-refractivity contribution is 6.09. The van der Waals surface area contributed by atoms with Crippen LogP contribution in [0.3, 0.4) is 0 Å². The first kappa shape index (κ1) is 17.5. The van der Waals surface area contributed by atoms with Gasteiger partial charge in [-0.25, -0.2) is 0 Å². The molecular formula is C30H20N2. The number of hydrogen-bond donors (Lipinski definition) is 0. The summed E-state index contributed by atoms with van der Waals surface area (Å²) in [5.74, 6) is 0. The van der Waals surface area contributed by atoms with Crippen LogP contribution >= 0.6 is 0 Å². The van der Waals surface area contributed by atoms with Gasteiger partial charge in [0.2, 0.25) is 0 Å². The number of pyridine rings is 1. The van der Waals surface area contributed by atoms with Crippen LogP contribution in [0.2, 0.25) is 0 Å². The van der Waals surface area contributed by atoms with Crippen molar-refractivity contribution in [3.8, 4) is 27.9 Å². The molecule has 6 aromatic rings. The lowest BCUT2D eigenvalue weighted by Crippen LogP contribution is -1.94. The van der Waals surface area contributed by atoms with Crippen molar-refractivity contribution in [2.24, 2.45) is 0 Å². The highest BCUT2D eigenvalue weighted by Gasteiger charge is 2.20. The number of benzene rings is 4. The molecule has 1 aliphatic carbocycles. The van der Waals surface area contributed by atoms with Crippen molar-refractivity contribution >= 4 is 21.8 Å². The van der Waals surface area contributed by atoms with Gasteiger partial charge in [0.1, 0.15) is 0 Å². The average molecular weight is 409 g/mol. The van der Waals surface area contributed by atoms with E-state index in [1.807, 2.05) is 6.20 Å². The molecule has 2 heteroatoms. The Hall–Kier alpha value is -4.17. The van der Waals surface area contributed by atoms with E-state index in [9.17, 15) is 0 Å². The second-order valence-corrected chi connectivity index (χ2v) is 8.47. The van der Waals surface area contributed by atoms with Gasteiger partial charge in [-0.05, 0) is 47.0 Å². The van der Waals surface area contributed by atoms with E-state index < -0.39 is 0 Å². The Kier molecular flexibility index (Phi) is 3.65. The predicted octanol–water partition coefficient (Wildman–Crippen LogP) is 7.42. The third-order valence-electron chi connectivity index (χ3n) is 6.65. The minimum absolute atomic E-state index is 0.924. The Morgan fingerprint density at radius 3 is 2.12 bits per heavy atom. The van der Waals surface area contributed by atoms with Gasteiger partial charge in [-0.15, -0.1) is 0 Å². The Morgan fingerprint density at radius 2 is 1.31 bits per heavy atom. The average Bonchev–Trinajstić information content (AvgIpc) is 3.39. The smallest absolute Gasteiger partial charge is 0.0541 e. The molecule has 0 N–H and O–H groups in total. The molecule has 1 aliphatic rings. The summed E-state index contributed by atoms with van der Waals surface area (Å²) < 4.78 is 2.37. The fourth-order valence-electron chi connectivity index (χ4n) is 5.17. The fourth-order valence-corrected chi connectivity index (χ4v) is 5.17. The van der Waals surface area contributed by atoms with Crippen LogP contribution in [0.1, 0.15) is 11.3 Å². The molecule has 7 rings (SSSR count). The van der Waals surface area contributed by atoms with Gasteiger partial charge < -0.3 is 4.57 Å². The van der Waals surface area contributed by atoms with Crippen LogP contribution in [-0.2, 0) is 6.42 Å². The molecule has 0 spiro atoms. The standard InChI is InChI=1S/C30H20N2/c1-2-11-24-21(8-1)18-28-27(24)17-22(19-31-28)20-9-7-10-23(16-20)32-29-14-5-3-12-25(29)26-13-4-6-15-30(26)32/h1-17,19H,18H2. The van der Waals surface area contributed by atoms with Gasteiger partial charge in [0.25, 0.3) is 0 Å². The maximum absolute atomic E-state index is 4.84.